The number of hydrogen-bond donors (Lipinski definition) is 2. The number of carbonyl (C=O) groups excluding carboxylic acids is 1. The van der Waals surface area contributed by atoms with E-state index in [1.807, 2.05) is 0 Å². The number of benzene rings is 1. The standard InChI is InChI=1S/C16H14F2N4O2S/c17-12-3-1-11(2-4-12)9-24-16(20-8-13(18)7-19)22-15(23)21-14-5-6-25-10-14/h1-8,10H,9,19H2,(H,21,23)/b13-7-,20-8-,22-16+. The van der Waals surface area contributed by atoms with Crippen LogP contribution in [0.4, 0.5) is 19.3 Å². The molecule has 0 spiro atoms. The molecule has 0 unspecified atom stereocenters. The molecule has 0 radical (unpaired) electrons. The van der Waals surface area contributed by atoms with Crippen molar-refractivity contribution in [1.82, 2.24) is 0 Å². The summed E-state index contributed by atoms with van der Waals surface area (Å²) in [5.74, 6) is -1.21. The van der Waals surface area contributed by atoms with Crippen LogP contribution in [0.1, 0.15) is 5.56 Å². The predicted molar refractivity (Wildman–Crippen MR) is 93.8 cm³/mol. The highest BCUT2D eigenvalue weighted by atomic mass is 32.1. The average Bonchev–Trinajstić information content (AvgIpc) is 3.11. The van der Waals surface area contributed by atoms with Crippen LogP contribution >= 0.6 is 11.3 Å². The van der Waals surface area contributed by atoms with Gasteiger partial charge in [-0.2, -0.15) is 11.3 Å². The van der Waals surface area contributed by atoms with E-state index in [-0.39, 0.29) is 18.4 Å². The lowest BCUT2D eigenvalue weighted by Crippen LogP contribution is -2.11. The second-order valence-electron chi connectivity index (χ2n) is 4.56. The van der Waals surface area contributed by atoms with Crippen LogP contribution in [0.5, 0.6) is 0 Å². The van der Waals surface area contributed by atoms with Crippen LogP contribution in [0, 0.1) is 5.82 Å². The van der Waals surface area contributed by atoms with Gasteiger partial charge in [0.05, 0.1) is 11.9 Å². The number of amides is 2. The number of ether oxygens (including phenoxy) is 1. The molecule has 1 aromatic heterocycles. The van der Waals surface area contributed by atoms with Crippen molar-refractivity contribution >= 4 is 35.3 Å². The maximum atomic E-state index is 13.1. The molecule has 0 fully saturated rings. The van der Waals surface area contributed by atoms with Gasteiger partial charge in [0.2, 0.25) is 0 Å². The van der Waals surface area contributed by atoms with Crippen LogP contribution in [-0.4, -0.2) is 18.3 Å². The van der Waals surface area contributed by atoms with Gasteiger partial charge in [-0.15, -0.1) is 4.99 Å². The molecule has 2 rings (SSSR count). The number of rotatable bonds is 4. The summed E-state index contributed by atoms with van der Waals surface area (Å²) in [6.45, 7) is -0.0316. The van der Waals surface area contributed by atoms with Gasteiger partial charge in [0.25, 0.3) is 0 Å². The molecule has 0 atom stereocenters. The fourth-order valence-electron chi connectivity index (χ4n) is 1.56. The second kappa shape index (κ2) is 9.28. The highest BCUT2D eigenvalue weighted by molar-refractivity contribution is 7.08. The Labute approximate surface area is 146 Å². The zero-order valence-corrected chi connectivity index (χ0v) is 13.7. The summed E-state index contributed by atoms with van der Waals surface area (Å²) in [7, 11) is 0. The lowest BCUT2D eigenvalue weighted by atomic mass is 10.2. The molecule has 2 aromatic rings. The van der Waals surface area contributed by atoms with Gasteiger partial charge in [-0.1, -0.05) is 12.1 Å². The monoisotopic (exact) mass is 364 g/mol. The Bertz CT molecular complexity index is 787. The number of nitrogens with one attached hydrogen (secondary N) is 1. The minimum absolute atomic E-state index is 0.0316. The van der Waals surface area contributed by atoms with Crippen molar-refractivity contribution in [2.45, 2.75) is 6.61 Å². The maximum Gasteiger partial charge on any atom is 0.350 e. The number of amidine groups is 1. The first-order valence-electron chi connectivity index (χ1n) is 6.97. The largest absolute Gasteiger partial charge is 0.458 e. The maximum absolute atomic E-state index is 13.1. The number of carbonyl (C=O) groups is 1. The molecule has 3 N–H and O–H groups in total. The Morgan fingerprint density at radius 3 is 2.72 bits per heavy atom. The highest BCUT2D eigenvalue weighted by Gasteiger charge is 2.06. The Morgan fingerprint density at radius 2 is 2.08 bits per heavy atom. The van der Waals surface area contributed by atoms with Gasteiger partial charge < -0.3 is 15.8 Å². The van der Waals surface area contributed by atoms with E-state index in [9.17, 15) is 13.6 Å². The molecular weight excluding hydrogens is 350 g/mol. The quantitative estimate of drug-likeness (QED) is 0.638. The smallest absolute Gasteiger partial charge is 0.350 e. The summed E-state index contributed by atoms with van der Waals surface area (Å²) >= 11 is 1.40. The topological polar surface area (TPSA) is 89.1 Å². The SMILES string of the molecule is N/C=C(F)/C=N\C(=N/C(=O)Nc1ccsc1)OCc1ccc(F)cc1. The summed E-state index contributed by atoms with van der Waals surface area (Å²) in [6, 6.07) is 6.12. The Hall–Kier alpha value is -3.07. The Balaban J connectivity index is 2.08. The molecule has 0 saturated heterocycles. The lowest BCUT2D eigenvalue weighted by Gasteiger charge is -2.05. The summed E-state index contributed by atoms with van der Waals surface area (Å²) in [4.78, 5) is 19.1. The number of nitrogens with zero attached hydrogens (tertiary/aromatic N) is 2. The van der Waals surface area contributed by atoms with Gasteiger partial charge in [-0.05, 0) is 29.1 Å². The summed E-state index contributed by atoms with van der Waals surface area (Å²) in [5.41, 5.74) is 6.19. The van der Waals surface area contributed by atoms with E-state index >= 15 is 0 Å². The molecule has 0 bridgehead atoms. The number of halogens is 2. The number of thiophene rings is 1. The molecule has 130 valence electrons. The van der Waals surface area contributed by atoms with E-state index in [0.717, 1.165) is 6.21 Å². The van der Waals surface area contributed by atoms with Gasteiger partial charge >= 0.3 is 12.1 Å². The third kappa shape index (κ3) is 6.51. The number of allylic oxidation sites excluding steroid dienone is 1. The van der Waals surface area contributed by atoms with E-state index < -0.39 is 11.9 Å². The van der Waals surface area contributed by atoms with Crippen molar-refractivity contribution in [3.8, 4) is 0 Å². The minimum Gasteiger partial charge on any atom is -0.458 e. The first kappa shape index (κ1) is 18.3. The van der Waals surface area contributed by atoms with Crippen molar-refractivity contribution < 1.29 is 18.3 Å². The van der Waals surface area contributed by atoms with E-state index in [1.54, 1.807) is 16.8 Å². The normalized spacial score (nSPS) is 12.4. The van der Waals surface area contributed by atoms with E-state index in [1.165, 1.54) is 35.6 Å². The van der Waals surface area contributed by atoms with Gasteiger partial charge in [-0.25, -0.2) is 18.6 Å². The third-order valence-corrected chi connectivity index (χ3v) is 3.39. The highest BCUT2D eigenvalue weighted by Crippen LogP contribution is 2.12. The summed E-state index contributed by atoms with van der Waals surface area (Å²) in [6.07, 6.45) is 1.47. The van der Waals surface area contributed by atoms with Crippen LogP contribution in [-0.2, 0) is 11.3 Å². The Morgan fingerprint density at radius 1 is 1.32 bits per heavy atom. The Kier molecular flexibility index (Phi) is 6.78. The molecule has 1 aromatic carbocycles. The average molecular weight is 364 g/mol. The molecule has 2 amide bonds. The van der Waals surface area contributed by atoms with Gasteiger partial charge in [0.1, 0.15) is 12.4 Å². The molecule has 0 aliphatic heterocycles. The van der Waals surface area contributed by atoms with Crippen LogP contribution in [0.25, 0.3) is 0 Å². The zero-order valence-electron chi connectivity index (χ0n) is 12.9. The van der Waals surface area contributed by atoms with Crippen molar-refractivity contribution in [3.63, 3.8) is 0 Å². The molecule has 0 saturated carbocycles. The minimum atomic E-state index is -0.823. The van der Waals surface area contributed by atoms with E-state index in [2.05, 4.69) is 15.3 Å². The van der Waals surface area contributed by atoms with Gasteiger partial charge in [0, 0.05) is 11.6 Å². The van der Waals surface area contributed by atoms with Crippen LogP contribution in [0.15, 0.2) is 63.1 Å². The van der Waals surface area contributed by atoms with Crippen LogP contribution in [0.2, 0.25) is 0 Å². The van der Waals surface area contributed by atoms with Crippen molar-refractivity contribution in [1.29, 1.82) is 0 Å². The lowest BCUT2D eigenvalue weighted by molar-refractivity contribution is 0.255. The summed E-state index contributed by atoms with van der Waals surface area (Å²) < 4.78 is 31.3. The molecule has 9 heteroatoms. The molecule has 0 aliphatic rings. The predicted octanol–water partition coefficient (Wildman–Crippen LogP) is 3.83. The zero-order chi connectivity index (χ0) is 18.1. The summed E-state index contributed by atoms with van der Waals surface area (Å²) in [5, 5.41) is 6.00. The molecule has 1 heterocycles. The van der Waals surface area contributed by atoms with E-state index in [4.69, 9.17) is 10.5 Å². The first-order chi connectivity index (χ1) is 12.1. The third-order valence-electron chi connectivity index (χ3n) is 2.71. The number of nitrogens with two attached hydrogens (primary N) is 1. The first-order valence-corrected chi connectivity index (χ1v) is 7.91. The molecule has 6 nitrogen and oxygen atoms in total. The van der Waals surface area contributed by atoms with E-state index in [0.29, 0.717) is 17.5 Å². The molecule has 0 aliphatic carbocycles. The fraction of sp³-hybridized carbons (Fsp3) is 0.0625. The number of urea groups is 1. The molecular formula is C16H14F2N4O2S. The number of aliphatic imine (C=N–C) groups is 2. The van der Waals surface area contributed by atoms with Gasteiger partial charge in [-0.3, -0.25) is 0 Å². The van der Waals surface area contributed by atoms with Crippen molar-refractivity contribution in [2.24, 2.45) is 15.7 Å². The number of anilines is 1. The van der Waals surface area contributed by atoms with Crippen molar-refractivity contribution in [2.75, 3.05) is 5.32 Å². The van der Waals surface area contributed by atoms with Crippen LogP contribution in [0.3, 0.4) is 0 Å². The van der Waals surface area contributed by atoms with Gasteiger partial charge in [0.15, 0.2) is 5.83 Å². The fourth-order valence-corrected chi connectivity index (χ4v) is 2.15. The number of hydrogen-bond acceptors (Lipinski definition) is 4. The second-order valence-corrected chi connectivity index (χ2v) is 5.34. The van der Waals surface area contributed by atoms with Crippen LogP contribution < -0.4 is 11.1 Å². The molecule has 25 heavy (non-hydrogen) atoms. The van der Waals surface area contributed by atoms with Crippen molar-refractivity contribution in [3.05, 3.63) is 64.5 Å².